The highest BCUT2D eigenvalue weighted by atomic mass is 32.2. The Morgan fingerprint density at radius 1 is 1.04 bits per heavy atom. The lowest BCUT2D eigenvalue weighted by Gasteiger charge is -2.24. The number of sulfonamides is 1. The Morgan fingerprint density at radius 2 is 1.64 bits per heavy atom. The molecule has 0 aliphatic rings. The summed E-state index contributed by atoms with van der Waals surface area (Å²) in [5.41, 5.74) is 0.478. The molecule has 0 fully saturated rings. The summed E-state index contributed by atoms with van der Waals surface area (Å²) in [7, 11) is -4.29. The summed E-state index contributed by atoms with van der Waals surface area (Å²) in [6.45, 7) is 5.00. The van der Waals surface area contributed by atoms with Crippen LogP contribution in [0.1, 0.15) is 26.3 Å². The molecule has 152 valence electrons. The fourth-order valence-electron chi connectivity index (χ4n) is 2.44. The standard InChI is InChI=1S/C20H24F2N2O3S/c1-14(2)15(3)23-20(25)13-24(12-16-8-10-17(21)11-9-16)28(26,27)19-7-5-4-6-18(19)22/h4-11,14-15H,12-13H2,1-3H3,(H,23,25). The zero-order chi connectivity index (χ0) is 20.9. The molecule has 2 rings (SSSR count). The summed E-state index contributed by atoms with van der Waals surface area (Å²) < 4.78 is 54.2. The smallest absolute Gasteiger partial charge is 0.246 e. The quantitative estimate of drug-likeness (QED) is 0.726. The van der Waals surface area contributed by atoms with Crippen molar-refractivity contribution >= 4 is 15.9 Å². The van der Waals surface area contributed by atoms with Crippen molar-refractivity contribution in [1.29, 1.82) is 0 Å². The van der Waals surface area contributed by atoms with Gasteiger partial charge in [0, 0.05) is 12.6 Å². The van der Waals surface area contributed by atoms with Crippen molar-refractivity contribution < 1.29 is 22.0 Å². The zero-order valence-electron chi connectivity index (χ0n) is 16.0. The first-order valence-electron chi connectivity index (χ1n) is 8.89. The third-order valence-corrected chi connectivity index (χ3v) is 6.26. The number of nitrogens with one attached hydrogen (secondary N) is 1. The molecule has 0 saturated carbocycles. The van der Waals surface area contributed by atoms with Gasteiger partial charge in [-0.25, -0.2) is 17.2 Å². The van der Waals surface area contributed by atoms with Gasteiger partial charge in [0.05, 0.1) is 6.54 Å². The summed E-state index contributed by atoms with van der Waals surface area (Å²) in [5, 5.41) is 2.74. The van der Waals surface area contributed by atoms with E-state index >= 15 is 0 Å². The number of hydrogen-bond acceptors (Lipinski definition) is 3. The summed E-state index contributed by atoms with van der Waals surface area (Å²) in [4.78, 5) is 11.9. The third kappa shape index (κ3) is 5.59. The minimum atomic E-state index is -4.29. The molecule has 0 spiro atoms. The number of hydrogen-bond donors (Lipinski definition) is 1. The fourth-order valence-corrected chi connectivity index (χ4v) is 3.89. The Bertz CT molecular complexity index is 915. The van der Waals surface area contributed by atoms with E-state index in [1.54, 1.807) is 0 Å². The number of nitrogens with zero attached hydrogens (tertiary/aromatic N) is 1. The maximum absolute atomic E-state index is 14.1. The molecule has 0 aliphatic carbocycles. The van der Waals surface area contributed by atoms with Crippen LogP contribution in [-0.2, 0) is 21.4 Å². The van der Waals surface area contributed by atoms with Crippen LogP contribution in [0.3, 0.4) is 0 Å². The van der Waals surface area contributed by atoms with Crippen LogP contribution in [0, 0.1) is 17.6 Å². The van der Waals surface area contributed by atoms with Crippen molar-refractivity contribution in [3.8, 4) is 0 Å². The van der Waals surface area contributed by atoms with E-state index in [0.29, 0.717) is 5.56 Å². The number of benzene rings is 2. The van der Waals surface area contributed by atoms with Crippen molar-refractivity contribution in [1.82, 2.24) is 9.62 Å². The molecular weight excluding hydrogens is 386 g/mol. The highest BCUT2D eigenvalue weighted by molar-refractivity contribution is 7.89. The summed E-state index contributed by atoms with van der Waals surface area (Å²) in [6, 6.07) is 10.1. The summed E-state index contributed by atoms with van der Waals surface area (Å²) >= 11 is 0. The molecule has 1 atom stereocenters. The maximum Gasteiger partial charge on any atom is 0.246 e. The molecule has 0 heterocycles. The topological polar surface area (TPSA) is 66.5 Å². The Labute approximate surface area is 164 Å². The summed E-state index contributed by atoms with van der Waals surface area (Å²) in [6.07, 6.45) is 0. The average molecular weight is 410 g/mol. The van der Waals surface area contributed by atoms with E-state index in [9.17, 15) is 22.0 Å². The van der Waals surface area contributed by atoms with Crippen LogP contribution in [0.25, 0.3) is 0 Å². The Kier molecular flexibility index (Phi) is 7.26. The van der Waals surface area contributed by atoms with E-state index in [4.69, 9.17) is 0 Å². The van der Waals surface area contributed by atoms with Crippen LogP contribution in [0.15, 0.2) is 53.4 Å². The number of halogens is 2. The number of carbonyl (C=O) groups excluding carboxylic acids is 1. The van der Waals surface area contributed by atoms with E-state index in [1.165, 1.54) is 36.4 Å². The molecule has 1 unspecified atom stereocenters. The first kappa shape index (κ1) is 22.0. The largest absolute Gasteiger partial charge is 0.352 e. The van der Waals surface area contributed by atoms with Gasteiger partial charge in [-0.2, -0.15) is 4.31 Å². The number of rotatable bonds is 8. The number of carbonyl (C=O) groups is 1. The van der Waals surface area contributed by atoms with Gasteiger partial charge in [0.25, 0.3) is 0 Å². The monoisotopic (exact) mass is 410 g/mol. The SMILES string of the molecule is CC(C)C(C)NC(=O)CN(Cc1ccc(F)cc1)S(=O)(=O)c1ccccc1F. The van der Waals surface area contributed by atoms with Crippen molar-refractivity contribution in [2.75, 3.05) is 6.54 Å². The predicted molar refractivity (Wildman–Crippen MR) is 103 cm³/mol. The van der Waals surface area contributed by atoms with Gasteiger partial charge in [0.2, 0.25) is 15.9 Å². The fraction of sp³-hybridized carbons (Fsp3) is 0.350. The van der Waals surface area contributed by atoms with Gasteiger partial charge in [-0.15, -0.1) is 0 Å². The molecular formula is C20H24F2N2O3S. The molecule has 28 heavy (non-hydrogen) atoms. The third-order valence-electron chi connectivity index (χ3n) is 4.44. The Hall–Kier alpha value is -2.32. The molecule has 1 amide bonds. The van der Waals surface area contributed by atoms with E-state index in [0.717, 1.165) is 16.4 Å². The molecule has 5 nitrogen and oxygen atoms in total. The lowest BCUT2D eigenvalue weighted by Crippen LogP contribution is -2.44. The Balaban J connectivity index is 2.33. The van der Waals surface area contributed by atoms with Crippen LogP contribution in [0.4, 0.5) is 8.78 Å². The first-order chi connectivity index (χ1) is 13.1. The average Bonchev–Trinajstić information content (AvgIpc) is 2.63. The molecule has 0 radical (unpaired) electrons. The minimum Gasteiger partial charge on any atom is -0.352 e. The number of amides is 1. The van der Waals surface area contributed by atoms with Crippen LogP contribution in [0.2, 0.25) is 0 Å². The first-order valence-corrected chi connectivity index (χ1v) is 10.3. The normalized spacial score (nSPS) is 13.0. The second kappa shape index (κ2) is 9.25. The van der Waals surface area contributed by atoms with Crippen molar-refractivity contribution in [2.24, 2.45) is 5.92 Å². The molecule has 0 saturated heterocycles. The maximum atomic E-state index is 14.1. The van der Waals surface area contributed by atoms with E-state index in [-0.39, 0.29) is 18.5 Å². The van der Waals surface area contributed by atoms with Gasteiger partial charge in [-0.1, -0.05) is 38.1 Å². The second-order valence-corrected chi connectivity index (χ2v) is 8.84. The van der Waals surface area contributed by atoms with Crippen LogP contribution >= 0.6 is 0 Å². The molecule has 0 aliphatic heterocycles. The van der Waals surface area contributed by atoms with Gasteiger partial charge in [0.15, 0.2) is 0 Å². The van der Waals surface area contributed by atoms with Crippen LogP contribution in [-0.4, -0.2) is 31.2 Å². The van der Waals surface area contributed by atoms with Gasteiger partial charge in [-0.3, -0.25) is 4.79 Å². The molecule has 1 N–H and O–H groups in total. The predicted octanol–water partition coefficient (Wildman–Crippen LogP) is 3.32. The van der Waals surface area contributed by atoms with Crippen molar-refractivity contribution in [3.63, 3.8) is 0 Å². The van der Waals surface area contributed by atoms with Crippen LogP contribution < -0.4 is 5.32 Å². The van der Waals surface area contributed by atoms with E-state index < -0.39 is 39.0 Å². The molecule has 2 aromatic rings. The van der Waals surface area contributed by atoms with Gasteiger partial charge < -0.3 is 5.32 Å². The molecule has 2 aromatic carbocycles. The molecule has 0 aromatic heterocycles. The van der Waals surface area contributed by atoms with Gasteiger partial charge in [-0.05, 0) is 42.7 Å². The lowest BCUT2D eigenvalue weighted by atomic mass is 10.1. The highest BCUT2D eigenvalue weighted by Gasteiger charge is 2.29. The Morgan fingerprint density at radius 3 is 2.21 bits per heavy atom. The second-order valence-electron chi connectivity index (χ2n) is 6.93. The van der Waals surface area contributed by atoms with Gasteiger partial charge in [0.1, 0.15) is 16.5 Å². The lowest BCUT2D eigenvalue weighted by molar-refractivity contribution is -0.122. The van der Waals surface area contributed by atoms with Crippen molar-refractivity contribution in [3.05, 3.63) is 65.7 Å². The minimum absolute atomic E-state index is 0.156. The van der Waals surface area contributed by atoms with Crippen molar-refractivity contribution in [2.45, 2.75) is 38.3 Å². The van der Waals surface area contributed by atoms with Gasteiger partial charge >= 0.3 is 0 Å². The van der Waals surface area contributed by atoms with Crippen LogP contribution in [0.5, 0.6) is 0 Å². The molecule has 8 heteroatoms. The van der Waals surface area contributed by atoms with E-state index in [2.05, 4.69) is 5.32 Å². The van der Waals surface area contributed by atoms with E-state index in [1.807, 2.05) is 20.8 Å². The zero-order valence-corrected chi connectivity index (χ0v) is 16.8. The summed E-state index contributed by atoms with van der Waals surface area (Å²) in [5.74, 6) is -1.70. The highest BCUT2D eigenvalue weighted by Crippen LogP contribution is 2.21. The molecule has 0 bridgehead atoms.